The number of nitrogens with one attached hydrogen (secondary N) is 1. The highest BCUT2D eigenvalue weighted by molar-refractivity contribution is 7.89. The molecule has 3 N–H and O–H groups in total. The Balaban J connectivity index is 1.32. The summed E-state index contributed by atoms with van der Waals surface area (Å²) in [5.41, 5.74) is -0.361. The van der Waals surface area contributed by atoms with Crippen LogP contribution in [-0.2, 0) is 45.1 Å². The SMILES string of the molecule is CC(C(=O)c1cccc(Cl)c1)N(C(=O)OCOC(=O)C(=O)CCCOCCCCCOC(=O)c1cc(S(N)(=O)=O)c(Cl)cc1NCc1ccco1)C(C)(C)C. The minimum Gasteiger partial charge on any atom is -0.467 e. The van der Waals surface area contributed by atoms with Gasteiger partial charge in [-0.15, -0.1) is 0 Å². The van der Waals surface area contributed by atoms with Gasteiger partial charge in [-0.05, 0) is 89.8 Å². The summed E-state index contributed by atoms with van der Waals surface area (Å²) >= 11 is 12.1. The number of hydrogen-bond acceptors (Lipinski definition) is 13. The lowest BCUT2D eigenvalue weighted by molar-refractivity contribution is -0.160. The summed E-state index contributed by atoms with van der Waals surface area (Å²) in [6.45, 7) is 6.65. The Hall–Kier alpha value is -4.48. The van der Waals surface area contributed by atoms with Crippen LogP contribution in [0.3, 0.4) is 0 Å². The maximum absolute atomic E-state index is 13.1. The van der Waals surface area contributed by atoms with E-state index in [-0.39, 0.29) is 54.7 Å². The van der Waals surface area contributed by atoms with Crippen molar-refractivity contribution >= 4 is 68.5 Å². The molecule has 2 aromatic carbocycles. The molecule has 0 aliphatic rings. The molecule has 0 bridgehead atoms. The minimum atomic E-state index is -4.21. The zero-order chi connectivity index (χ0) is 40.8. The Bertz CT molecular complexity index is 1910. The van der Waals surface area contributed by atoms with Gasteiger partial charge in [0.2, 0.25) is 22.6 Å². The van der Waals surface area contributed by atoms with Crippen molar-refractivity contribution in [1.29, 1.82) is 0 Å². The molecule has 1 atom stereocenters. The molecule has 0 aliphatic heterocycles. The van der Waals surface area contributed by atoms with Crippen molar-refractivity contribution in [2.75, 3.05) is 31.9 Å². The van der Waals surface area contributed by atoms with Crippen LogP contribution in [0.1, 0.15) is 86.3 Å². The Kier molecular flexibility index (Phi) is 17.1. The zero-order valence-corrected chi connectivity index (χ0v) is 33.3. The van der Waals surface area contributed by atoms with Crippen LogP contribution in [0.5, 0.6) is 0 Å². The van der Waals surface area contributed by atoms with Gasteiger partial charge in [0.1, 0.15) is 10.7 Å². The van der Waals surface area contributed by atoms with Crippen LogP contribution in [-0.4, -0.2) is 81.1 Å². The monoisotopic (exact) mass is 825 g/mol. The molecular weight excluding hydrogens is 781 g/mol. The Morgan fingerprint density at radius 1 is 0.909 bits per heavy atom. The van der Waals surface area contributed by atoms with Crippen LogP contribution >= 0.6 is 23.2 Å². The van der Waals surface area contributed by atoms with Gasteiger partial charge in [-0.3, -0.25) is 14.5 Å². The summed E-state index contributed by atoms with van der Waals surface area (Å²) in [5.74, 6) is -2.57. The molecule has 15 nitrogen and oxygen atoms in total. The summed E-state index contributed by atoms with van der Waals surface area (Å²) in [5, 5.41) is 8.45. The summed E-state index contributed by atoms with van der Waals surface area (Å²) in [6, 6.07) is 11.1. The van der Waals surface area contributed by atoms with Crippen molar-refractivity contribution in [3.8, 4) is 0 Å². The molecule has 1 unspecified atom stereocenters. The predicted molar refractivity (Wildman–Crippen MR) is 202 cm³/mol. The average molecular weight is 827 g/mol. The number of carbonyl (C=O) groups excluding carboxylic acids is 5. The molecule has 0 saturated heterocycles. The number of halogens is 2. The van der Waals surface area contributed by atoms with Crippen LogP contribution < -0.4 is 10.5 Å². The van der Waals surface area contributed by atoms with Gasteiger partial charge in [-0.2, -0.15) is 0 Å². The number of furan rings is 1. The van der Waals surface area contributed by atoms with Crippen LogP contribution in [0.15, 0.2) is 64.1 Å². The van der Waals surface area contributed by atoms with Crippen molar-refractivity contribution in [3.63, 3.8) is 0 Å². The molecule has 1 heterocycles. The predicted octanol–water partition coefficient (Wildman–Crippen LogP) is 6.55. The highest BCUT2D eigenvalue weighted by Crippen LogP contribution is 2.29. The van der Waals surface area contributed by atoms with Gasteiger partial charge in [0.05, 0.1) is 41.7 Å². The van der Waals surface area contributed by atoms with Gasteiger partial charge < -0.3 is 28.7 Å². The number of anilines is 1. The Morgan fingerprint density at radius 2 is 1.62 bits per heavy atom. The Morgan fingerprint density at radius 3 is 2.27 bits per heavy atom. The third-order valence-electron chi connectivity index (χ3n) is 7.89. The van der Waals surface area contributed by atoms with Gasteiger partial charge in [-0.1, -0.05) is 35.3 Å². The van der Waals surface area contributed by atoms with Crippen LogP contribution in [0.4, 0.5) is 10.5 Å². The number of nitrogens with zero attached hydrogens (tertiary/aromatic N) is 1. The van der Waals surface area contributed by atoms with E-state index < -0.39 is 57.1 Å². The van der Waals surface area contributed by atoms with E-state index in [2.05, 4.69) is 5.32 Å². The molecule has 55 heavy (non-hydrogen) atoms. The summed E-state index contributed by atoms with van der Waals surface area (Å²) in [4.78, 5) is 64.1. The van der Waals surface area contributed by atoms with Crippen LogP contribution in [0, 0.1) is 0 Å². The molecule has 1 amide bonds. The number of esters is 2. The lowest BCUT2D eigenvalue weighted by Crippen LogP contribution is -2.53. The highest BCUT2D eigenvalue weighted by Gasteiger charge is 2.36. The number of sulfonamides is 1. The number of carbonyl (C=O) groups is 5. The molecule has 18 heteroatoms. The molecule has 3 rings (SSSR count). The fraction of sp³-hybridized carbons (Fsp3) is 0.432. The number of amides is 1. The van der Waals surface area contributed by atoms with Crippen molar-refractivity contribution in [2.45, 2.75) is 82.8 Å². The molecule has 0 aliphatic carbocycles. The maximum Gasteiger partial charge on any atom is 0.413 e. The molecule has 3 aromatic rings. The number of rotatable bonds is 21. The first-order valence-electron chi connectivity index (χ1n) is 17.2. The first-order chi connectivity index (χ1) is 25.9. The number of ether oxygens (including phenoxy) is 4. The zero-order valence-electron chi connectivity index (χ0n) is 30.9. The standard InChI is InChI=1S/C37H45Cl2N3O12S/c1-24(33(44)25-11-8-12-26(38)19-25)42(37(2,3)4)36(47)54-23-53-35(46)31(43)14-10-16-50-15-6-5-7-17-52-34(45)28-20-32(55(40,48)49)29(39)21-30(28)41-22-27-13-9-18-51-27/h8-9,11-13,18-21,24,41H,5-7,10,14-17,22-23H2,1-4H3,(H2,40,48,49). The lowest BCUT2D eigenvalue weighted by Gasteiger charge is -2.38. The fourth-order valence-corrected chi connectivity index (χ4v) is 6.53. The fourth-order valence-electron chi connectivity index (χ4n) is 5.24. The van der Waals surface area contributed by atoms with Crippen LogP contribution in [0.2, 0.25) is 10.0 Å². The second kappa shape index (κ2) is 21.0. The third-order valence-corrected chi connectivity index (χ3v) is 9.50. The first-order valence-corrected chi connectivity index (χ1v) is 19.5. The minimum absolute atomic E-state index is 0.0457. The molecule has 1 aromatic heterocycles. The van der Waals surface area contributed by atoms with Crippen molar-refractivity contribution in [1.82, 2.24) is 4.90 Å². The van der Waals surface area contributed by atoms with E-state index in [1.54, 1.807) is 58.0 Å². The summed E-state index contributed by atoms with van der Waals surface area (Å²) in [7, 11) is -4.21. The third kappa shape index (κ3) is 14.3. The second-order valence-corrected chi connectivity index (χ2v) is 15.6. The number of hydrogen-bond donors (Lipinski definition) is 2. The number of benzene rings is 2. The smallest absolute Gasteiger partial charge is 0.413 e. The second-order valence-electron chi connectivity index (χ2n) is 13.2. The molecule has 0 radical (unpaired) electrons. The van der Waals surface area contributed by atoms with Crippen molar-refractivity contribution in [3.05, 3.63) is 81.7 Å². The van der Waals surface area contributed by atoms with Gasteiger partial charge in [0.25, 0.3) is 0 Å². The average Bonchev–Trinajstić information content (AvgIpc) is 3.63. The first kappa shape index (κ1) is 44.9. The molecule has 0 saturated carbocycles. The van der Waals surface area contributed by atoms with Crippen molar-refractivity contribution < 1.29 is 55.8 Å². The van der Waals surface area contributed by atoms with E-state index in [0.29, 0.717) is 42.2 Å². The van der Waals surface area contributed by atoms with Crippen LogP contribution in [0.25, 0.3) is 0 Å². The van der Waals surface area contributed by atoms with E-state index in [4.69, 9.17) is 51.7 Å². The summed E-state index contributed by atoms with van der Waals surface area (Å²) in [6.07, 6.45) is 2.39. The van der Waals surface area contributed by atoms with E-state index in [0.717, 1.165) is 6.07 Å². The highest BCUT2D eigenvalue weighted by atomic mass is 35.5. The number of unbranched alkanes of at least 4 members (excludes halogenated alkanes) is 2. The van der Waals surface area contributed by atoms with Crippen molar-refractivity contribution in [2.24, 2.45) is 5.14 Å². The topological polar surface area (TPSA) is 211 Å². The quantitative estimate of drug-likeness (QED) is 0.0384. The number of ketones is 2. The van der Waals surface area contributed by atoms with E-state index in [9.17, 15) is 32.4 Å². The largest absolute Gasteiger partial charge is 0.467 e. The van der Waals surface area contributed by atoms with Gasteiger partial charge in [0, 0.05) is 35.8 Å². The van der Waals surface area contributed by atoms with Gasteiger partial charge in [-0.25, -0.2) is 27.9 Å². The summed E-state index contributed by atoms with van der Waals surface area (Å²) < 4.78 is 50.0. The Labute approximate surface area is 329 Å². The molecule has 300 valence electrons. The number of nitrogens with two attached hydrogens (primary N) is 1. The normalized spacial score (nSPS) is 12.1. The maximum atomic E-state index is 13.1. The molecule has 0 spiro atoms. The van der Waals surface area contributed by atoms with E-state index in [1.165, 1.54) is 23.3 Å². The van der Waals surface area contributed by atoms with Gasteiger partial charge in [0.15, 0.2) is 5.78 Å². The van der Waals surface area contributed by atoms with Gasteiger partial charge >= 0.3 is 18.0 Å². The van der Waals surface area contributed by atoms with E-state index >= 15 is 0 Å². The van der Waals surface area contributed by atoms with E-state index in [1.807, 2.05) is 0 Å². The molecule has 0 fully saturated rings. The number of primary sulfonamides is 1. The lowest BCUT2D eigenvalue weighted by atomic mass is 9.98. The number of Topliss-reactive ketones (excluding diaryl/α,β-unsaturated/α-hetero) is 2. The molecular formula is C37H45Cl2N3O12S.